The molecule has 0 radical (unpaired) electrons. The Morgan fingerprint density at radius 1 is 0.381 bits per heavy atom. The second-order valence-electron chi connectivity index (χ2n) is 10.9. The Balaban J connectivity index is 1.46. The number of rotatable bonds is 3. The van der Waals surface area contributed by atoms with Crippen molar-refractivity contribution in [3.8, 4) is 0 Å². The summed E-state index contributed by atoms with van der Waals surface area (Å²) >= 11 is 0. The minimum Gasteiger partial charge on any atom is -0.454 e. The summed E-state index contributed by atoms with van der Waals surface area (Å²) in [6, 6.07) is 54.2. The van der Waals surface area contributed by atoms with Gasteiger partial charge in [0.2, 0.25) is 0 Å². The van der Waals surface area contributed by atoms with Crippen LogP contribution >= 0.6 is 0 Å². The molecule has 0 unspecified atom stereocenters. The second-order valence-corrected chi connectivity index (χ2v) is 10.9. The van der Waals surface area contributed by atoms with Gasteiger partial charge in [0.05, 0.1) is 11.4 Å². The number of benzene rings is 8. The Morgan fingerprint density at radius 3 is 1.76 bits per heavy atom. The molecule has 0 N–H and O–H groups in total. The molecule has 0 saturated heterocycles. The van der Waals surface area contributed by atoms with Gasteiger partial charge in [-0.1, -0.05) is 121 Å². The molecule has 0 fully saturated rings. The molecule has 2 nitrogen and oxygen atoms in total. The lowest BCUT2D eigenvalue weighted by Crippen LogP contribution is -2.11. The summed E-state index contributed by atoms with van der Waals surface area (Å²) < 4.78 is 6.73. The molecule has 0 bridgehead atoms. The number of nitrogens with zero attached hydrogens (tertiary/aromatic N) is 1. The highest BCUT2D eigenvalue weighted by molar-refractivity contribution is 6.26. The predicted molar refractivity (Wildman–Crippen MR) is 178 cm³/mol. The van der Waals surface area contributed by atoms with E-state index in [4.69, 9.17) is 4.42 Å². The monoisotopic (exact) mass is 535 g/mol. The fourth-order valence-corrected chi connectivity index (χ4v) is 6.75. The molecular weight excluding hydrogens is 510 g/mol. The second kappa shape index (κ2) is 8.95. The van der Waals surface area contributed by atoms with Crippen molar-refractivity contribution in [1.29, 1.82) is 0 Å². The quantitative estimate of drug-likeness (QED) is 0.209. The van der Waals surface area contributed by atoms with Crippen molar-refractivity contribution in [2.75, 3.05) is 4.90 Å². The number of hydrogen-bond acceptors (Lipinski definition) is 2. The lowest BCUT2D eigenvalue weighted by Gasteiger charge is -2.28. The standard InChI is InChI=1S/C40H25NO/c1-2-14-29(15-3-1)41(36-24-27-13-5-7-17-31(27)39-34-20-10-11-21-37(34)42-40(36)39)35-25-28-23-22-26-12-4-6-16-30(26)38(28)33-19-9-8-18-32(33)35/h1-25H. The summed E-state index contributed by atoms with van der Waals surface area (Å²) in [4.78, 5) is 2.38. The van der Waals surface area contributed by atoms with Crippen molar-refractivity contribution >= 4 is 82.1 Å². The van der Waals surface area contributed by atoms with Crippen LogP contribution in [-0.4, -0.2) is 0 Å². The third-order valence-corrected chi connectivity index (χ3v) is 8.57. The Bertz CT molecular complexity index is 2470. The normalized spacial score (nSPS) is 11.8. The van der Waals surface area contributed by atoms with Gasteiger partial charge in [-0.2, -0.15) is 0 Å². The number of hydrogen-bond donors (Lipinski definition) is 0. The van der Waals surface area contributed by atoms with E-state index in [0.29, 0.717) is 0 Å². The van der Waals surface area contributed by atoms with Gasteiger partial charge in [-0.15, -0.1) is 0 Å². The first-order valence-corrected chi connectivity index (χ1v) is 14.4. The zero-order chi connectivity index (χ0) is 27.6. The zero-order valence-electron chi connectivity index (χ0n) is 22.8. The molecule has 1 aromatic heterocycles. The fourth-order valence-electron chi connectivity index (χ4n) is 6.75. The Morgan fingerprint density at radius 2 is 0.952 bits per heavy atom. The van der Waals surface area contributed by atoms with Crippen molar-refractivity contribution in [3.05, 3.63) is 152 Å². The van der Waals surface area contributed by atoms with Gasteiger partial charge in [-0.25, -0.2) is 0 Å². The summed E-state index contributed by atoms with van der Waals surface area (Å²) in [6.45, 7) is 0. The zero-order valence-corrected chi connectivity index (χ0v) is 22.8. The van der Waals surface area contributed by atoms with Crippen LogP contribution in [0.5, 0.6) is 0 Å². The van der Waals surface area contributed by atoms with Gasteiger partial charge in [0.15, 0.2) is 5.58 Å². The molecule has 2 heteroatoms. The van der Waals surface area contributed by atoms with Crippen LogP contribution in [0.2, 0.25) is 0 Å². The summed E-state index contributed by atoms with van der Waals surface area (Å²) in [5.74, 6) is 0. The van der Waals surface area contributed by atoms with Crippen molar-refractivity contribution in [3.63, 3.8) is 0 Å². The van der Waals surface area contributed by atoms with Crippen molar-refractivity contribution in [2.45, 2.75) is 0 Å². The SMILES string of the molecule is c1ccc(N(c2cc3ccc4ccccc4c3c3ccccc23)c2cc3ccccc3c3c2oc2ccccc23)cc1. The number of fused-ring (bicyclic) bond motifs is 10. The van der Waals surface area contributed by atoms with Gasteiger partial charge < -0.3 is 9.32 Å². The third kappa shape index (κ3) is 3.33. The maximum Gasteiger partial charge on any atom is 0.160 e. The molecule has 8 aromatic carbocycles. The van der Waals surface area contributed by atoms with Crippen LogP contribution in [0.15, 0.2) is 156 Å². The molecule has 9 rings (SSSR count). The van der Waals surface area contributed by atoms with E-state index in [-0.39, 0.29) is 0 Å². The third-order valence-electron chi connectivity index (χ3n) is 8.57. The molecule has 42 heavy (non-hydrogen) atoms. The largest absolute Gasteiger partial charge is 0.454 e. The molecule has 0 amide bonds. The van der Waals surface area contributed by atoms with Gasteiger partial charge >= 0.3 is 0 Å². The van der Waals surface area contributed by atoms with E-state index in [2.05, 4.69) is 150 Å². The molecule has 0 atom stereocenters. The van der Waals surface area contributed by atoms with Crippen LogP contribution in [0.25, 0.3) is 65.0 Å². The van der Waals surface area contributed by atoms with Crippen molar-refractivity contribution < 1.29 is 4.42 Å². The topological polar surface area (TPSA) is 16.4 Å². The van der Waals surface area contributed by atoms with Crippen molar-refractivity contribution in [2.24, 2.45) is 0 Å². The summed E-state index contributed by atoms with van der Waals surface area (Å²) in [5.41, 5.74) is 5.02. The number of para-hydroxylation sites is 2. The van der Waals surface area contributed by atoms with Crippen LogP contribution in [0.4, 0.5) is 17.1 Å². The van der Waals surface area contributed by atoms with E-state index in [1.165, 1.54) is 43.1 Å². The van der Waals surface area contributed by atoms with E-state index in [1.54, 1.807) is 0 Å². The lowest BCUT2D eigenvalue weighted by molar-refractivity contribution is 0.669. The maximum atomic E-state index is 6.73. The average molecular weight is 536 g/mol. The minimum atomic E-state index is 0.890. The summed E-state index contributed by atoms with van der Waals surface area (Å²) in [6.07, 6.45) is 0. The van der Waals surface area contributed by atoms with Gasteiger partial charge in [-0.05, 0) is 68.0 Å². The van der Waals surface area contributed by atoms with E-state index in [1.807, 2.05) is 6.07 Å². The van der Waals surface area contributed by atoms with Crippen LogP contribution < -0.4 is 4.90 Å². The lowest BCUT2D eigenvalue weighted by atomic mass is 9.94. The molecule has 0 saturated carbocycles. The number of furan rings is 1. The van der Waals surface area contributed by atoms with E-state index < -0.39 is 0 Å². The molecule has 9 aromatic rings. The molecule has 0 aliphatic heterocycles. The van der Waals surface area contributed by atoms with Crippen LogP contribution in [-0.2, 0) is 0 Å². The number of anilines is 3. The van der Waals surface area contributed by atoms with E-state index in [9.17, 15) is 0 Å². The highest BCUT2D eigenvalue weighted by Crippen LogP contribution is 2.48. The van der Waals surface area contributed by atoms with E-state index in [0.717, 1.165) is 39.0 Å². The minimum absolute atomic E-state index is 0.890. The Labute approximate surface area is 242 Å². The van der Waals surface area contributed by atoms with Gasteiger partial charge in [0.25, 0.3) is 0 Å². The molecule has 0 aliphatic carbocycles. The molecule has 0 spiro atoms. The van der Waals surface area contributed by atoms with Gasteiger partial charge in [0, 0.05) is 21.8 Å². The summed E-state index contributed by atoms with van der Waals surface area (Å²) in [5, 5.41) is 12.1. The molecular formula is C40H25NO. The van der Waals surface area contributed by atoms with Crippen LogP contribution in [0, 0.1) is 0 Å². The first-order chi connectivity index (χ1) is 20.8. The van der Waals surface area contributed by atoms with Gasteiger partial charge in [-0.3, -0.25) is 0 Å². The Hall–Kier alpha value is -5.60. The van der Waals surface area contributed by atoms with Gasteiger partial charge in [0.1, 0.15) is 5.58 Å². The predicted octanol–water partition coefficient (Wildman–Crippen LogP) is 11.7. The van der Waals surface area contributed by atoms with Crippen LogP contribution in [0.1, 0.15) is 0 Å². The highest BCUT2D eigenvalue weighted by atomic mass is 16.3. The fraction of sp³-hybridized carbons (Fsp3) is 0. The summed E-state index contributed by atoms with van der Waals surface area (Å²) in [7, 11) is 0. The maximum absolute atomic E-state index is 6.73. The first-order valence-electron chi connectivity index (χ1n) is 14.4. The molecule has 0 aliphatic rings. The molecule has 1 heterocycles. The van der Waals surface area contributed by atoms with Crippen molar-refractivity contribution in [1.82, 2.24) is 0 Å². The smallest absolute Gasteiger partial charge is 0.160 e. The average Bonchev–Trinajstić information content (AvgIpc) is 3.45. The Kier molecular flexibility index (Phi) is 4.93. The van der Waals surface area contributed by atoms with E-state index >= 15 is 0 Å². The highest BCUT2D eigenvalue weighted by Gasteiger charge is 2.23. The molecule has 196 valence electrons. The van der Waals surface area contributed by atoms with Crippen LogP contribution in [0.3, 0.4) is 0 Å². The first kappa shape index (κ1) is 23.1.